The van der Waals surface area contributed by atoms with Crippen molar-refractivity contribution in [1.29, 1.82) is 0 Å². The lowest BCUT2D eigenvalue weighted by molar-refractivity contribution is -0.184. The number of hydrogen-bond acceptors (Lipinski definition) is 6. The predicted octanol–water partition coefficient (Wildman–Crippen LogP) is 2.68. The van der Waals surface area contributed by atoms with Crippen molar-refractivity contribution in [2.75, 3.05) is 0 Å². The Labute approximate surface area is 156 Å². The summed E-state index contributed by atoms with van der Waals surface area (Å²) in [6.45, 7) is 14.1. The summed E-state index contributed by atoms with van der Waals surface area (Å²) in [5.41, 5.74) is -3.42. The number of hydrogen-bond donors (Lipinski definition) is 4. The second-order valence-electron chi connectivity index (χ2n) is 8.89. The summed E-state index contributed by atoms with van der Waals surface area (Å²) in [5, 5.41) is 38.4. The molecule has 0 amide bonds. The zero-order valence-electron chi connectivity index (χ0n) is 17.1. The highest BCUT2D eigenvalue weighted by molar-refractivity contribution is 5.32. The molecule has 4 N–H and O–H groups in total. The molecule has 0 fully saturated rings. The summed E-state index contributed by atoms with van der Waals surface area (Å²) in [6, 6.07) is 6.93. The molecule has 1 aromatic carbocycles. The van der Waals surface area contributed by atoms with Crippen LogP contribution in [0.4, 0.5) is 0 Å². The molecule has 0 aliphatic heterocycles. The molecule has 6 nitrogen and oxygen atoms in total. The monoisotopic (exact) mass is 370 g/mol. The second-order valence-corrected chi connectivity index (χ2v) is 8.89. The molecule has 0 radical (unpaired) electrons. The summed E-state index contributed by atoms with van der Waals surface area (Å²) >= 11 is 0. The number of benzene rings is 1. The third kappa shape index (κ3) is 4.49. The Morgan fingerprint density at radius 3 is 1.00 bits per heavy atom. The molecule has 1 aromatic rings. The standard InChI is InChI=1S/C20H34O6/c1-17(2,15(21)22)19(5,6)25-13-9-11-14(12-10-13)26-20(7,8)18(3,4)16(23)24/h9-12,15-16,21-24H,1-8H3. The zero-order chi connectivity index (χ0) is 20.6. The summed E-state index contributed by atoms with van der Waals surface area (Å²) in [6.07, 6.45) is -3.04. The highest BCUT2D eigenvalue weighted by atomic mass is 16.5. The highest BCUT2D eigenvalue weighted by Crippen LogP contribution is 2.39. The molecule has 0 saturated carbocycles. The van der Waals surface area contributed by atoms with E-state index >= 15 is 0 Å². The van der Waals surface area contributed by atoms with Gasteiger partial charge in [-0.05, 0) is 52.0 Å². The van der Waals surface area contributed by atoms with Gasteiger partial charge in [-0.15, -0.1) is 0 Å². The van der Waals surface area contributed by atoms with Crippen molar-refractivity contribution in [1.82, 2.24) is 0 Å². The molecule has 150 valence electrons. The first kappa shape index (κ1) is 22.7. The first-order valence-corrected chi connectivity index (χ1v) is 8.75. The Balaban J connectivity index is 2.94. The van der Waals surface area contributed by atoms with Gasteiger partial charge in [-0.1, -0.05) is 27.7 Å². The van der Waals surface area contributed by atoms with Gasteiger partial charge in [-0.2, -0.15) is 0 Å². The maximum absolute atomic E-state index is 9.60. The van der Waals surface area contributed by atoms with Gasteiger partial charge in [0, 0.05) is 0 Å². The lowest BCUT2D eigenvalue weighted by Gasteiger charge is -2.43. The van der Waals surface area contributed by atoms with E-state index < -0.39 is 34.6 Å². The summed E-state index contributed by atoms with van der Waals surface area (Å²) in [5.74, 6) is 1.13. The fraction of sp³-hybridized carbons (Fsp3) is 0.700. The van der Waals surface area contributed by atoms with Gasteiger partial charge in [0.15, 0.2) is 12.6 Å². The van der Waals surface area contributed by atoms with E-state index in [0.717, 1.165) is 0 Å². The largest absolute Gasteiger partial charge is 0.487 e. The average Bonchev–Trinajstić information content (AvgIpc) is 2.47. The Hall–Kier alpha value is -1.34. The van der Waals surface area contributed by atoms with Crippen LogP contribution in [0.1, 0.15) is 55.4 Å². The van der Waals surface area contributed by atoms with Crippen LogP contribution in [0, 0.1) is 10.8 Å². The topological polar surface area (TPSA) is 99.4 Å². The molecule has 0 unspecified atom stereocenters. The van der Waals surface area contributed by atoms with E-state index in [1.807, 2.05) is 0 Å². The van der Waals surface area contributed by atoms with Gasteiger partial charge in [0.1, 0.15) is 22.7 Å². The van der Waals surface area contributed by atoms with E-state index in [1.54, 1.807) is 79.7 Å². The molecule has 0 aliphatic carbocycles. The average molecular weight is 370 g/mol. The van der Waals surface area contributed by atoms with Gasteiger partial charge in [0.05, 0.1) is 10.8 Å². The second kappa shape index (κ2) is 7.35. The SMILES string of the molecule is CC(C)(Oc1ccc(OC(C)(C)C(C)(C)C(O)O)cc1)C(C)(C)C(O)O. The minimum atomic E-state index is -1.52. The van der Waals surface area contributed by atoms with Crippen LogP contribution in [0.5, 0.6) is 11.5 Å². The fourth-order valence-electron chi connectivity index (χ4n) is 2.05. The van der Waals surface area contributed by atoms with Crippen molar-refractivity contribution in [2.45, 2.75) is 79.2 Å². The van der Waals surface area contributed by atoms with Crippen molar-refractivity contribution in [3.05, 3.63) is 24.3 Å². The first-order chi connectivity index (χ1) is 11.5. The Morgan fingerprint density at radius 1 is 0.577 bits per heavy atom. The van der Waals surface area contributed by atoms with E-state index in [1.165, 1.54) is 0 Å². The minimum absolute atomic E-state index is 0.565. The molecule has 0 aromatic heterocycles. The van der Waals surface area contributed by atoms with Crippen LogP contribution >= 0.6 is 0 Å². The molecule has 1 rings (SSSR count). The van der Waals surface area contributed by atoms with Gasteiger partial charge < -0.3 is 29.9 Å². The third-order valence-electron chi connectivity index (χ3n) is 5.96. The van der Waals surface area contributed by atoms with Crippen LogP contribution in [0.2, 0.25) is 0 Å². The van der Waals surface area contributed by atoms with E-state index in [2.05, 4.69) is 0 Å². The van der Waals surface area contributed by atoms with Crippen LogP contribution < -0.4 is 9.47 Å². The normalized spacial score (nSPS) is 14.1. The highest BCUT2D eigenvalue weighted by Gasteiger charge is 2.45. The molecule has 0 spiro atoms. The van der Waals surface area contributed by atoms with Crippen molar-refractivity contribution >= 4 is 0 Å². The van der Waals surface area contributed by atoms with Gasteiger partial charge in [0.25, 0.3) is 0 Å². The summed E-state index contributed by atoms with van der Waals surface area (Å²) in [7, 11) is 0. The molecule has 26 heavy (non-hydrogen) atoms. The van der Waals surface area contributed by atoms with Crippen LogP contribution in [-0.4, -0.2) is 44.2 Å². The Morgan fingerprint density at radius 2 is 0.808 bits per heavy atom. The van der Waals surface area contributed by atoms with Gasteiger partial charge in [-0.25, -0.2) is 0 Å². The lowest BCUT2D eigenvalue weighted by atomic mass is 9.76. The minimum Gasteiger partial charge on any atom is -0.487 e. The molecule has 0 atom stereocenters. The van der Waals surface area contributed by atoms with Crippen molar-refractivity contribution in [3.63, 3.8) is 0 Å². The molecule has 6 heteroatoms. The van der Waals surface area contributed by atoms with Crippen LogP contribution in [-0.2, 0) is 0 Å². The van der Waals surface area contributed by atoms with Crippen molar-refractivity contribution < 1.29 is 29.9 Å². The van der Waals surface area contributed by atoms with Crippen molar-refractivity contribution in [2.24, 2.45) is 10.8 Å². The molecule has 0 heterocycles. The van der Waals surface area contributed by atoms with E-state index in [-0.39, 0.29) is 0 Å². The number of rotatable bonds is 8. The fourth-order valence-corrected chi connectivity index (χ4v) is 2.05. The van der Waals surface area contributed by atoms with Crippen LogP contribution in [0.15, 0.2) is 24.3 Å². The first-order valence-electron chi connectivity index (χ1n) is 8.75. The van der Waals surface area contributed by atoms with Gasteiger partial charge in [0.2, 0.25) is 0 Å². The maximum Gasteiger partial charge on any atom is 0.160 e. The quantitative estimate of drug-likeness (QED) is 0.525. The molecular weight excluding hydrogens is 336 g/mol. The number of aliphatic hydroxyl groups is 4. The van der Waals surface area contributed by atoms with Crippen LogP contribution in [0.25, 0.3) is 0 Å². The molecule has 0 saturated heterocycles. The van der Waals surface area contributed by atoms with Crippen LogP contribution in [0.3, 0.4) is 0 Å². The number of ether oxygens (including phenoxy) is 2. The smallest absolute Gasteiger partial charge is 0.160 e. The van der Waals surface area contributed by atoms with Gasteiger partial charge in [-0.3, -0.25) is 0 Å². The molecular formula is C20H34O6. The van der Waals surface area contributed by atoms with E-state index in [4.69, 9.17) is 9.47 Å². The van der Waals surface area contributed by atoms with E-state index in [0.29, 0.717) is 11.5 Å². The van der Waals surface area contributed by atoms with Gasteiger partial charge >= 0.3 is 0 Å². The Kier molecular flexibility index (Phi) is 6.42. The zero-order valence-corrected chi connectivity index (χ0v) is 17.1. The predicted molar refractivity (Wildman–Crippen MR) is 99.9 cm³/mol. The third-order valence-corrected chi connectivity index (χ3v) is 5.96. The maximum atomic E-state index is 9.60. The molecule has 0 aliphatic rings. The lowest BCUT2D eigenvalue weighted by Crippen LogP contribution is -2.51. The summed E-state index contributed by atoms with van der Waals surface area (Å²) in [4.78, 5) is 0. The Bertz CT molecular complexity index is 532. The summed E-state index contributed by atoms with van der Waals surface area (Å²) < 4.78 is 11.9. The van der Waals surface area contributed by atoms with E-state index in [9.17, 15) is 20.4 Å². The molecule has 0 bridgehead atoms. The van der Waals surface area contributed by atoms with Crippen molar-refractivity contribution in [3.8, 4) is 11.5 Å². The number of aliphatic hydroxyl groups excluding tert-OH is 2.